The van der Waals surface area contributed by atoms with E-state index < -0.39 is 10.0 Å². The Morgan fingerprint density at radius 3 is 2.40 bits per heavy atom. The minimum atomic E-state index is -3.52. The van der Waals surface area contributed by atoms with Crippen LogP contribution in [0.3, 0.4) is 0 Å². The SMILES string of the molecule is Cc1ccccc1CN(Cc1cccnc1)C(=O)CCc1ccc(S(=O)(=O)N2CCOCC2)cc1. The molecule has 0 saturated carbocycles. The second kappa shape index (κ2) is 11.6. The van der Waals surface area contributed by atoms with Crippen molar-refractivity contribution < 1.29 is 17.9 Å². The number of ether oxygens (including phenoxy) is 1. The van der Waals surface area contributed by atoms with Gasteiger partial charge in [-0.2, -0.15) is 4.31 Å². The number of pyridine rings is 1. The normalized spacial score (nSPS) is 14.5. The molecule has 3 aromatic rings. The van der Waals surface area contributed by atoms with E-state index in [4.69, 9.17) is 4.74 Å². The molecule has 1 aliphatic rings. The molecule has 0 atom stereocenters. The molecule has 35 heavy (non-hydrogen) atoms. The maximum atomic E-state index is 13.3. The third-order valence-corrected chi connectivity index (χ3v) is 8.14. The molecule has 0 N–H and O–H groups in total. The first-order chi connectivity index (χ1) is 16.9. The van der Waals surface area contributed by atoms with Crippen LogP contribution < -0.4 is 0 Å². The van der Waals surface area contributed by atoms with E-state index in [1.54, 1.807) is 36.7 Å². The van der Waals surface area contributed by atoms with Crippen LogP contribution in [0.25, 0.3) is 0 Å². The van der Waals surface area contributed by atoms with Crippen LogP contribution in [-0.4, -0.2) is 54.8 Å². The van der Waals surface area contributed by atoms with E-state index in [0.717, 1.165) is 22.3 Å². The van der Waals surface area contributed by atoms with Crippen LogP contribution in [0.2, 0.25) is 0 Å². The predicted octanol–water partition coefficient (Wildman–Crippen LogP) is 3.57. The Balaban J connectivity index is 1.42. The first kappa shape index (κ1) is 25.0. The quantitative estimate of drug-likeness (QED) is 0.455. The Hall–Kier alpha value is -3.07. The highest BCUT2D eigenvalue weighted by Gasteiger charge is 2.26. The van der Waals surface area contributed by atoms with Crippen LogP contribution in [0.4, 0.5) is 0 Å². The fraction of sp³-hybridized carbons (Fsp3) is 0.333. The summed E-state index contributed by atoms with van der Waals surface area (Å²) in [7, 11) is -3.52. The van der Waals surface area contributed by atoms with Crippen LogP contribution in [0.1, 0.15) is 28.7 Å². The number of nitrogens with zero attached hydrogens (tertiary/aromatic N) is 3. The van der Waals surface area contributed by atoms with Gasteiger partial charge >= 0.3 is 0 Å². The fourth-order valence-corrected chi connectivity index (χ4v) is 5.52. The Kier molecular flexibility index (Phi) is 8.28. The summed E-state index contributed by atoms with van der Waals surface area (Å²) in [5.74, 6) is 0.0436. The van der Waals surface area contributed by atoms with E-state index in [0.29, 0.717) is 52.2 Å². The van der Waals surface area contributed by atoms with Crippen LogP contribution in [0, 0.1) is 6.92 Å². The highest BCUT2D eigenvalue weighted by atomic mass is 32.2. The molecule has 0 unspecified atom stereocenters. The van der Waals surface area contributed by atoms with E-state index in [1.165, 1.54) is 4.31 Å². The lowest BCUT2D eigenvalue weighted by atomic mass is 10.1. The van der Waals surface area contributed by atoms with Gasteiger partial charge in [-0.3, -0.25) is 9.78 Å². The number of aryl methyl sites for hydroxylation is 2. The Bertz CT molecular complexity index is 1220. The zero-order valence-corrected chi connectivity index (χ0v) is 20.8. The van der Waals surface area contributed by atoms with Gasteiger partial charge in [0, 0.05) is 45.0 Å². The molecule has 2 heterocycles. The van der Waals surface area contributed by atoms with E-state index >= 15 is 0 Å². The average Bonchev–Trinajstić information content (AvgIpc) is 2.89. The maximum Gasteiger partial charge on any atom is 0.243 e. The van der Waals surface area contributed by atoms with Gasteiger partial charge < -0.3 is 9.64 Å². The summed E-state index contributed by atoms with van der Waals surface area (Å²) in [5.41, 5.74) is 4.17. The number of morpholine rings is 1. The molecule has 2 aromatic carbocycles. The van der Waals surface area contributed by atoms with Gasteiger partial charge in [-0.1, -0.05) is 42.5 Å². The van der Waals surface area contributed by atoms with Gasteiger partial charge in [0.1, 0.15) is 0 Å². The molecule has 1 aliphatic heterocycles. The molecule has 0 bridgehead atoms. The highest BCUT2D eigenvalue weighted by molar-refractivity contribution is 7.89. The number of amides is 1. The van der Waals surface area contributed by atoms with Gasteiger partial charge in [0.05, 0.1) is 18.1 Å². The van der Waals surface area contributed by atoms with E-state index in [1.807, 2.05) is 35.2 Å². The van der Waals surface area contributed by atoms with Crippen molar-refractivity contribution in [2.45, 2.75) is 37.8 Å². The summed E-state index contributed by atoms with van der Waals surface area (Å²) in [6, 6.07) is 18.8. The summed E-state index contributed by atoms with van der Waals surface area (Å²) < 4.78 is 32.4. The maximum absolute atomic E-state index is 13.3. The lowest BCUT2D eigenvalue weighted by molar-refractivity contribution is -0.132. The van der Waals surface area contributed by atoms with Crippen LogP contribution in [0.15, 0.2) is 78.0 Å². The van der Waals surface area contributed by atoms with Crippen molar-refractivity contribution in [3.63, 3.8) is 0 Å². The summed E-state index contributed by atoms with van der Waals surface area (Å²) in [4.78, 5) is 19.6. The van der Waals surface area contributed by atoms with Crippen molar-refractivity contribution in [1.82, 2.24) is 14.2 Å². The highest BCUT2D eigenvalue weighted by Crippen LogP contribution is 2.19. The number of benzene rings is 2. The number of hydrogen-bond donors (Lipinski definition) is 0. The number of sulfonamides is 1. The number of hydrogen-bond acceptors (Lipinski definition) is 5. The molecule has 8 heteroatoms. The van der Waals surface area contributed by atoms with Crippen molar-refractivity contribution in [3.05, 3.63) is 95.3 Å². The van der Waals surface area contributed by atoms with Crippen molar-refractivity contribution >= 4 is 15.9 Å². The third kappa shape index (κ3) is 6.54. The number of aromatic nitrogens is 1. The molecular weight excluding hydrogens is 462 g/mol. The Morgan fingerprint density at radius 2 is 1.71 bits per heavy atom. The first-order valence-corrected chi connectivity index (χ1v) is 13.3. The molecule has 1 saturated heterocycles. The van der Waals surface area contributed by atoms with Crippen molar-refractivity contribution in [3.8, 4) is 0 Å². The zero-order chi connectivity index (χ0) is 24.7. The third-order valence-electron chi connectivity index (χ3n) is 6.23. The van der Waals surface area contributed by atoms with Crippen molar-refractivity contribution in [1.29, 1.82) is 0 Å². The summed E-state index contributed by atoms with van der Waals surface area (Å²) in [6.07, 6.45) is 4.38. The monoisotopic (exact) mass is 493 g/mol. The molecular formula is C27H31N3O4S. The zero-order valence-electron chi connectivity index (χ0n) is 20.0. The average molecular weight is 494 g/mol. The number of carbonyl (C=O) groups excluding carboxylic acids is 1. The van der Waals surface area contributed by atoms with E-state index in [-0.39, 0.29) is 10.8 Å². The molecule has 4 rings (SSSR count). The number of carbonyl (C=O) groups is 1. The van der Waals surface area contributed by atoms with Gasteiger partial charge in [-0.15, -0.1) is 0 Å². The molecule has 0 spiro atoms. The summed E-state index contributed by atoms with van der Waals surface area (Å²) in [6.45, 7) is 4.62. The first-order valence-electron chi connectivity index (χ1n) is 11.8. The van der Waals surface area contributed by atoms with E-state index in [2.05, 4.69) is 18.0 Å². The minimum Gasteiger partial charge on any atom is -0.379 e. The molecule has 0 radical (unpaired) electrons. The lowest BCUT2D eigenvalue weighted by Gasteiger charge is -2.26. The summed E-state index contributed by atoms with van der Waals surface area (Å²) in [5, 5.41) is 0. The molecule has 1 fully saturated rings. The van der Waals surface area contributed by atoms with Gasteiger partial charge in [0.25, 0.3) is 0 Å². The molecule has 184 valence electrons. The van der Waals surface area contributed by atoms with Crippen LogP contribution >= 0.6 is 0 Å². The Morgan fingerprint density at radius 1 is 0.971 bits per heavy atom. The minimum absolute atomic E-state index is 0.0436. The Labute approximate surface area is 207 Å². The largest absolute Gasteiger partial charge is 0.379 e. The van der Waals surface area contributed by atoms with Crippen LogP contribution in [0.5, 0.6) is 0 Å². The van der Waals surface area contributed by atoms with E-state index in [9.17, 15) is 13.2 Å². The topological polar surface area (TPSA) is 79.8 Å². The molecule has 7 nitrogen and oxygen atoms in total. The summed E-state index contributed by atoms with van der Waals surface area (Å²) >= 11 is 0. The molecule has 0 aliphatic carbocycles. The number of rotatable bonds is 9. The predicted molar refractivity (Wildman–Crippen MR) is 134 cm³/mol. The lowest BCUT2D eigenvalue weighted by Crippen LogP contribution is -2.40. The van der Waals surface area contributed by atoms with Gasteiger partial charge in [0.15, 0.2) is 0 Å². The van der Waals surface area contributed by atoms with Crippen LogP contribution in [-0.2, 0) is 39.1 Å². The fourth-order valence-electron chi connectivity index (χ4n) is 4.11. The van der Waals surface area contributed by atoms with Crippen molar-refractivity contribution in [2.75, 3.05) is 26.3 Å². The molecule has 1 aromatic heterocycles. The van der Waals surface area contributed by atoms with Gasteiger partial charge in [-0.25, -0.2) is 8.42 Å². The van der Waals surface area contributed by atoms with Crippen molar-refractivity contribution in [2.24, 2.45) is 0 Å². The van der Waals surface area contributed by atoms with Gasteiger partial charge in [0.2, 0.25) is 15.9 Å². The smallest absolute Gasteiger partial charge is 0.243 e. The second-order valence-corrected chi connectivity index (χ2v) is 10.6. The van der Waals surface area contributed by atoms with Gasteiger partial charge in [-0.05, 0) is 53.8 Å². The standard InChI is InChI=1S/C27H31N3O4S/c1-22-5-2-3-7-25(22)21-29(20-24-6-4-14-28-19-24)27(31)13-10-23-8-11-26(12-9-23)35(32,33)30-15-17-34-18-16-30/h2-9,11-12,14,19H,10,13,15-18,20-21H2,1H3. The second-order valence-electron chi connectivity index (χ2n) is 8.70. The molecule has 1 amide bonds.